The van der Waals surface area contributed by atoms with Crippen molar-refractivity contribution in [2.24, 2.45) is 0 Å². The number of nitrogens with one attached hydrogen (secondary N) is 2. The van der Waals surface area contributed by atoms with Crippen LogP contribution in [-0.4, -0.2) is 19.2 Å². The summed E-state index contributed by atoms with van der Waals surface area (Å²) in [6, 6.07) is 11.7. The molecule has 2 aromatic carbocycles. The molecule has 1 aliphatic carbocycles. The molecule has 2 N–H and O–H groups in total. The Morgan fingerprint density at radius 2 is 1.88 bits per heavy atom. The Morgan fingerprint density at radius 1 is 1.12 bits per heavy atom. The van der Waals surface area contributed by atoms with Gasteiger partial charge in [0.15, 0.2) is 11.5 Å². The predicted octanol–water partition coefficient (Wildman–Crippen LogP) is 4.42. The minimum Gasteiger partial charge on any atom is -0.486 e. The van der Waals surface area contributed by atoms with Crippen molar-refractivity contribution >= 4 is 27.6 Å². The largest absolute Gasteiger partial charge is 0.486 e. The number of rotatable bonds is 2. The van der Waals surface area contributed by atoms with Crippen LogP contribution in [0.3, 0.4) is 0 Å². The average Bonchev–Trinajstić information content (AvgIpc) is 2.63. The molecule has 2 amide bonds. The van der Waals surface area contributed by atoms with Crippen LogP contribution in [-0.2, 0) is 6.42 Å². The van der Waals surface area contributed by atoms with Gasteiger partial charge in [-0.05, 0) is 46.3 Å². The van der Waals surface area contributed by atoms with Gasteiger partial charge in [0.1, 0.15) is 13.2 Å². The first kappa shape index (κ1) is 16.3. The summed E-state index contributed by atoms with van der Waals surface area (Å²) >= 11 is 3.48. The van der Waals surface area contributed by atoms with Crippen molar-refractivity contribution in [1.82, 2.24) is 5.32 Å². The molecule has 2 aromatic rings. The van der Waals surface area contributed by atoms with E-state index in [1.54, 1.807) is 6.07 Å². The fraction of sp³-hybridized carbons (Fsp3) is 0.316. The van der Waals surface area contributed by atoms with Crippen LogP contribution in [0, 0.1) is 0 Å². The maximum absolute atomic E-state index is 12.5. The van der Waals surface area contributed by atoms with Gasteiger partial charge in [-0.15, -0.1) is 0 Å². The highest BCUT2D eigenvalue weighted by atomic mass is 79.9. The third-order valence-electron chi connectivity index (χ3n) is 4.55. The van der Waals surface area contributed by atoms with Gasteiger partial charge in [-0.25, -0.2) is 4.79 Å². The normalized spacial score (nSPS) is 18.2. The summed E-state index contributed by atoms with van der Waals surface area (Å²) in [4.78, 5) is 12.5. The number of hydrogen-bond donors (Lipinski definition) is 2. The molecule has 0 saturated heterocycles. The number of anilines is 1. The molecule has 1 aliphatic heterocycles. The molecule has 0 fully saturated rings. The molecule has 6 heteroatoms. The molecule has 25 heavy (non-hydrogen) atoms. The third-order valence-corrected chi connectivity index (χ3v) is 5.21. The van der Waals surface area contributed by atoms with Gasteiger partial charge in [0, 0.05) is 16.6 Å². The van der Waals surface area contributed by atoms with E-state index in [9.17, 15) is 4.79 Å². The van der Waals surface area contributed by atoms with E-state index in [4.69, 9.17) is 9.47 Å². The SMILES string of the molecule is O=C(Nc1cc2c(cc1Br)OCCO2)NC1CCCc2ccccc21. The zero-order valence-electron chi connectivity index (χ0n) is 13.7. The van der Waals surface area contributed by atoms with Crippen LogP contribution in [0.2, 0.25) is 0 Å². The molecule has 1 atom stereocenters. The molecule has 2 aliphatic rings. The number of hydrogen-bond acceptors (Lipinski definition) is 3. The van der Waals surface area contributed by atoms with Crippen molar-refractivity contribution in [3.8, 4) is 11.5 Å². The molecule has 4 rings (SSSR count). The highest BCUT2D eigenvalue weighted by Crippen LogP contribution is 2.38. The standard InChI is InChI=1S/C19H19BrN2O3/c20-14-10-17-18(25-9-8-24-17)11-16(14)22-19(23)21-15-7-3-5-12-4-1-2-6-13(12)15/h1-2,4,6,10-11,15H,3,5,7-9H2,(H2,21,22,23). The number of carbonyl (C=O) groups excluding carboxylic acids is 1. The van der Waals surface area contributed by atoms with Gasteiger partial charge in [0.2, 0.25) is 0 Å². The van der Waals surface area contributed by atoms with Crippen molar-refractivity contribution in [3.05, 3.63) is 52.0 Å². The highest BCUT2D eigenvalue weighted by molar-refractivity contribution is 9.10. The molecule has 0 aromatic heterocycles. The number of halogens is 1. The lowest BCUT2D eigenvalue weighted by Crippen LogP contribution is -2.34. The molecule has 5 nitrogen and oxygen atoms in total. The van der Waals surface area contributed by atoms with Crippen LogP contribution in [0.25, 0.3) is 0 Å². The Labute approximate surface area is 154 Å². The van der Waals surface area contributed by atoms with Crippen LogP contribution in [0.1, 0.15) is 30.0 Å². The molecule has 0 spiro atoms. The first-order valence-electron chi connectivity index (χ1n) is 8.45. The monoisotopic (exact) mass is 402 g/mol. The molecule has 0 bridgehead atoms. The molecular weight excluding hydrogens is 384 g/mol. The van der Waals surface area contributed by atoms with E-state index in [1.807, 2.05) is 18.2 Å². The van der Waals surface area contributed by atoms with Gasteiger partial charge < -0.3 is 20.1 Å². The number of urea groups is 1. The number of amides is 2. The summed E-state index contributed by atoms with van der Waals surface area (Å²) in [5.41, 5.74) is 3.19. The average molecular weight is 403 g/mol. The fourth-order valence-corrected chi connectivity index (χ4v) is 3.80. The molecule has 0 saturated carbocycles. The van der Waals surface area contributed by atoms with Crippen LogP contribution < -0.4 is 20.1 Å². The Balaban J connectivity index is 1.48. The quantitative estimate of drug-likeness (QED) is 0.781. The first-order chi connectivity index (χ1) is 12.2. The van der Waals surface area contributed by atoms with E-state index in [-0.39, 0.29) is 12.1 Å². The second kappa shape index (κ2) is 6.96. The van der Waals surface area contributed by atoms with Gasteiger partial charge in [-0.1, -0.05) is 24.3 Å². The topological polar surface area (TPSA) is 59.6 Å². The summed E-state index contributed by atoms with van der Waals surface area (Å²) < 4.78 is 11.9. The minimum atomic E-state index is -0.223. The summed E-state index contributed by atoms with van der Waals surface area (Å²) in [6.45, 7) is 1.05. The van der Waals surface area contributed by atoms with Crippen LogP contribution in [0.15, 0.2) is 40.9 Å². The number of ether oxygens (including phenoxy) is 2. The number of carbonyl (C=O) groups is 1. The van der Waals surface area contributed by atoms with Gasteiger partial charge >= 0.3 is 6.03 Å². The van der Waals surface area contributed by atoms with Crippen LogP contribution >= 0.6 is 15.9 Å². The fourth-order valence-electron chi connectivity index (χ4n) is 3.38. The Bertz CT molecular complexity index is 809. The highest BCUT2D eigenvalue weighted by Gasteiger charge is 2.22. The maximum Gasteiger partial charge on any atom is 0.319 e. The predicted molar refractivity (Wildman–Crippen MR) is 99.4 cm³/mol. The van der Waals surface area contributed by atoms with Gasteiger partial charge in [0.05, 0.1) is 11.7 Å². The molecular formula is C19H19BrN2O3. The van der Waals surface area contributed by atoms with E-state index >= 15 is 0 Å². The summed E-state index contributed by atoms with van der Waals surface area (Å²) in [5, 5.41) is 5.99. The summed E-state index contributed by atoms with van der Waals surface area (Å²) in [6.07, 6.45) is 3.10. The molecule has 1 unspecified atom stereocenters. The Morgan fingerprint density at radius 3 is 2.72 bits per heavy atom. The van der Waals surface area contributed by atoms with E-state index in [0.717, 1.165) is 23.7 Å². The molecule has 130 valence electrons. The van der Waals surface area contributed by atoms with Gasteiger partial charge in [-0.3, -0.25) is 0 Å². The summed E-state index contributed by atoms with van der Waals surface area (Å²) in [5.74, 6) is 1.33. The lowest BCUT2D eigenvalue weighted by Gasteiger charge is -2.26. The van der Waals surface area contributed by atoms with Crippen molar-refractivity contribution < 1.29 is 14.3 Å². The Kier molecular flexibility index (Phi) is 4.53. The van der Waals surface area contributed by atoms with E-state index in [2.05, 4.69) is 38.7 Å². The lowest BCUT2D eigenvalue weighted by molar-refractivity contribution is 0.171. The zero-order chi connectivity index (χ0) is 17.2. The van der Waals surface area contributed by atoms with Gasteiger partial charge in [-0.2, -0.15) is 0 Å². The first-order valence-corrected chi connectivity index (χ1v) is 9.24. The minimum absolute atomic E-state index is 0.0425. The van der Waals surface area contributed by atoms with Crippen LogP contribution in [0.4, 0.5) is 10.5 Å². The van der Waals surface area contributed by atoms with E-state index < -0.39 is 0 Å². The zero-order valence-corrected chi connectivity index (χ0v) is 15.3. The Hall–Kier alpha value is -2.21. The number of fused-ring (bicyclic) bond motifs is 2. The third kappa shape index (κ3) is 3.44. The number of aryl methyl sites for hydroxylation is 1. The number of benzene rings is 2. The summed E-state index contributed by atoms with van der Waals surface area (Å²) in [7, 11) is 0. The van der Waals surface area contributed by atoms with E-state index in [0.29, 0.717) is 30.4 Å². The molecule has 1 heterocycles. The van der Waals surface area contributed by atoms with Crippen molar-refractivity contribution in [3.63, 3.8) is 0 Å². The van der Waals surface area contributed by atoms with Crippen molar-refractivity contribution in [2.45, 2.75) is 25.3 Å². The van der Waals surface area contributed by atoms with E-state index in [1.165, 1.54) is 11.1 Å². The second-order valence-electron chi connectivity index (χ2n) is 6.22. The van der Waals surface area contributed by atoms with Crippen molar-refractivity contribution in [1.29, 1.82) is 0 Å². The second-order valence-corrected chi connectivity index (χ2v) is 7.07. The lowest BCUT2D eigenvalue weighted by atomic mass is 9.88. The van der Waals surface area contributed by atoms with Crippen molar-refractivity contribution in [2.75, 3.05) is 18.5 Å². The molecule has 0 radical (unpaired) electrons. The maximum atomic E-state index is 12.5. The van der Waals surface area contributed by atoms with Gasteiger partial charge in [0.25, 0.3) is 0 Å². The van der Waals surface area contributed by atoms with Crippen LogP contribution in [0.5, 0.6) is 11.5 Å². The smallest absolute Gasteiger partial charge is 0.319 e.